The van der Waals surface area contributed by atoms with Gasteiger partial charge in [0.15, 0.2) is 0 Å². The van der Waals surface area contributed by atoms with E-state index >= 15 is 0 Å². The average Bonchev–Trinajstić information content (AvgIpc) is 2.89. The minimum atomic E-state index is -0.622. The van der Waals surface area contributed by atoms with Crippen LogP contribution >= 0.6 is 15.9 Å². The molecule has 2 amide bonds. The van der Waals surface area contributed by atoms with Crippen molar-refractivity contribution >= 4 is 27.7 Å². The molecule has 3 aromatic carbocycles. The fourth-order valence-corrected chi connectivity index (χ4v) is 4.35. The van der Waals surface area contributed by atoms with Gasteiger partial charge in [-0.3, -0.25) is 9.59 Å². The predicted octanol–water partition coefficient (Wildman–Crippen LogP) is 6.16. The van der Waals surface area contributed by atoms with Crippen LogP contribution in [0.3, 0.4) is 0 Å². The molecular formula is C30H35BrN2O3. The highest BCUT2D eigenvalue weighted by Gasteiger charge is 2.30. The van der Waals surface area contributed by atoms with Crippen molar-refractivity contribution < 1.29 is 14.3 Å². The second-order valence-corrected chi connectivity index (χ2v) is 9.86. The smallest absolute Gasteiger partial charge is 0.243 e. The molecule has 0 saturated carbocycles. The van der Waals surface area contributed by atoms with Crippen molar-refractivity contribution in [2.24, 2.45) is 0 Å². The minimum absolute atomic E-state index is 0.0258. The maximum Gasteiger partial charge on any atom is 0.243 e. The van der Waals surface area contributed by atoms with Gasteiger partial charge in [0.25, 0.3) is 0 Å². The Morgan fingerprint density at radius 3 is 2.28 bits per heavy atom. The summed E-state index contributed by atoms with van der Waals surface area (Å²) in [5.41, 5.74) is 1.98. The van der Waals surface area contributed by atoms with E-state index in [-0.39, 0.29) is 17.9 Å². The summed E-state index contributed by atoms with van der Waals surface area (Å²) in [6.45, 7) is 4.80. The molecule has 1 N–H and O–H groups in total. The maximum absolute atomic E-state index is 13.6. The Labute approximate surface area is 223 Å². The zero-order valence-corrected chi connectivity index (χ0v) is 22.6. The Kier molecular flexibility index (Phi) is 11.0. The lowest BCUT2D eigenvalue weighted by Crippen LogP contribution is -2.52. The molecule has 2 atom stereocenters. The quantitative estimate of drug-likeness (QED) is 0.259. The molecule has 190 valence electrons. The summed E-state index contributed by atoms with van der Waals surface area (Å²) in [5, 5.41) is 3.10. The van der Waals surface area contributed by atoms with Gasteiger partial charge in [-0.1, -0.05) is 83.5 Å². The largest absolute Gasteiger partial charge is 0.494 e. The Bertz CT molecular complexity index is 1090. The monoisotopic (exact) mass is 550 g/mol. The van der Waals surface area contributed by atoms with Crippen LogP contribution in [0.4, 0.5) is 0 Å². The van der Waals surface area contributed by atoms with Crippen molar-refractivity contribution in [3.05, 3.63) is 101 Å². The van der Waals surface area contributed by atoms with E-state index in [0.717, 1.165) is 27.8 Å². The summed E-state index contributed by atoms with van der Waals surface area (Å²) in [5.74, 6) is 0.592. The number of hydrogen-bond acceptors (Lipinski definition) is 3. The molecule has 6 heteroatoms. The topological polar surface area (TPSA) is 58.6 Å². The van der Waals surface area contributed by atoms with E-state index in [1.54, 1.807) is 4.90 Å². The van der Waals surface area contributed by atoms with E-state index in [9.17, 15) is 9.59 Å². The number of benzene rings is 3. The molecule has 0 bridgehead atoms. The van der Waals surface area contributed by atoms with Crippen LogP contribution in [0.2, 0.25) is 0 Å². The van der Waals surface area contributed by atoms with Crippen molar-refractivity contribution in [1.29, 1.82) is 0 Å². The number of para-hydroxylation sites is 1. The number of nitrogens with zero attached hydrogens (tertiary/aromatic N) is 1. The summed E-state index contributed by atoms with van der Waals surface area (Å²) in [4.78, 5) is 28.8. The third kappa shape index (κ3) is 8.83. The van der Waals surface area contributed by atoms with Gasteiger partial charge in [-0.2, -0.15) is 0 Å². The average molecular weight is 552 g/mol. The molecule has 0 aromatic heterocycles. The van der Waals surface area contributed by atoms with Gasteiger partial charge in [-0.15, -0.1) is 0 Å². The van der Waals surface area contributed by atoms with Crippen LogP contribution in [0.1, 0.15) is 44.2 Å². The van der Waals surface area contributed by atoms with Crippen molar-refractivity contribution in [2.45, 2.75) is 58.2 Å². The molecule has 36 heavy (non-hydrogen) atoms. The normalized spacial score (nSPS) is 12.4. The molecule has 0 fully saturated rings. The zero-order chi connectivity index (χ0) is 25.8. The summed E-state index contributed by atoms with van der Waals surface area (Å²) in [6.07, 6.45) is 2.13. The SMILES string of the molecule is CC[C@H](C)NC(=O)[C@H](Cc1ccccc1)N(Cc1cccc(Br)c1)C(=O)CCCOc1ccccc1. The van der Waals surface area contributed by atoms with Crippen LogP contribution in [-0.4, -0.2) is 35.4 Å². The van der Waals surface area contributed by atoms with Crippen LogP contribution in [-0.2, 0) is 22.6 Å². The van der Waals surface area contributed by atoms with Gasteiger partial charge in [-0.25, -0.2) is 0 Å². The fourth-order valence-electron chi connectivity index (χ4n) is 3.90. The highest BCUT2D eigenvalue weighted by atomic mass is 79.9. The molecule has 0 radical (unpaired) electrons. The van der Waals surface area contributed by atoms with Gasteiger partial charge in [0.05, 0.1) is 6.61 Å². The van der Waals surface area contributed by atoms with Gasteiger partial charge < -0.3 is 15.0 Å². The number of rotatable bonds is 13. The molecule has 0 unspecified atom stereocenters. The lowest BCUT2D eigenvalue weighted by Gasteiger charge is -2.32. The molecule has 0 aliphatic rings. The van der Waals surface area contributed by atoms with E-state index in [2.05, 4.69) is 21.2 Å². The van der Waals surface area contributed by atoms with E-state index in [1.165, 1.54) is 0 Å². The third-order valence-corrected chi connectivity index (χ3v) is 6.55. The molecular weight excluding hydrogens is 516 g/mol. The van der Waals surface area contributed by atoms with Crippen molar-refractivity contribution in [2.75, 3.05) is 6.61 Å². The van der Waals surface area contributed by atoms with E-state index in [4.69, 9.17) is 4.74 Å². The van der Waals surface area contributed by atoms with Crippen LogP contribution < -0.4 is 10.1 Å². The van der Waals surface area contributed by atoms with Crippen molar-refractivity contribution in [3.8, 4) is 5.75 Å². The Hall–Kier alpha value is -3.12. The first kappa shape index (κ1) is 27.5. The van der Waals surface area contributed by atoms with E-state index in [1.807, 2.05) is 98.8 Å². The van der Waals surface area contributed by atoms with E-state index < -0.39 is 6.04 Å². The number of ether oxygens (including phenoxy) is 1. The Morgan fingerprint density at radius 1 is 0.944 bits per heavy atom. The second kappa shape index (κ2) is 14.4. The van der Waals surface area contributed by atoms with Crippen LogP contribution in [0.5, 0.6) is 5.75 Å². The van der Waals surface area contributed by atoms with Crippen LogP contribution in [0.25, 0.3) is 0 Å². The summed E-state index contributed by atoms with van der Waals surface area (Å²) < 4.78 is 6.72. The highest BCUT2D eigenvalue weighted by molar-refractivity contribution is 9.10. The lowest BCUT2D eigenvalue weighted by molar-refractivity contribution is -0.141. The molecule has 0 aliphatic heterocycles. The first-order valence-electron chi connectivity index (χ1n) is 12.5. The molecule has 0 saturated heterocycles. The van der Waals surface area contributed by atoms with Crippen LogP contribution in [0.15, 0.2) is 89.4 Å². The molecule has 0 aliphatic carbocycles. The van der Waals surface area contributed by atoms with Gasteiger partial charge >= 0.3 is 0 Å². The zero-order valence-electron chi connectivity index (χ0n) is 21.0. The van der Waals surface area contributed by atoms with Gasteiger partial charge in [-0.05, 0) is 55.2 Å². The Balaban J connectivity index is 1.80. The molecule has 3 rings (SSSR count). The van der Waals surface area contributed by atoms with Crippen molar-refractivity contribution in [1.82, 2.24) is 10.2 Å². The fraction of sp³-hybridized carbons (Fsp3) is 0.333. The summed E-state index contributed by atoms with van der Waals surface area (Å²) >= 11 is 3.53. The number of carbonyl (C=O) groups is 2. The number of halogens is 1. The predicted molar refractivity (Wildman–Crippen MR) is 148 cm³/mol. The highest BCUT2D eigenvalue weighted by Crippen LogP contribution is 2.19. The number of nitrogens with one attached hydrogen (secondary N) is 1. The maximum atomic E-state index is 13.6. The van der Waals surface area contributed by atoms with Crippen molar-refractivity contribution in [3.63, 3.8) is 0 Å². The molecule has 0 heterocycles. The summed E-state index contributed by atoms with van der Waals surface area (Å²) in [6, 6.07) is 26.7. The van der Waals surface area contributed by atoms with Crippen LogP contribution in [0, 0.1) is 0 Å². The third-order valence-electron chi connectivity index (χ3n) is 6.06. The second-order valence-electron chi connectivity index (χ2n) is 8.94. The standard InChI is InChI=1S/C30H35BrN2O3/c1-3-23(2)32-30(35)28(21-24-12-6-4-7-13-24)33(22-25-14-10-15-26(31)20-25)29(34)18-11-19-36-27-16-8-5-9-17-27/h4-10,12-17,20,23,28H,3,11,18-19,21-22H2,1-2H3,(H,32,35)/t23-,28-/m0/s1. The lowest BCUT2D eigenvalue weighted by atomic mass is 10.0. The number of amides is 2. The minimum Gasteiger partial charge on any atom is -0.494 e. The number of carbonyl (C=O) groups excluding carboxylic acids is 2. The number of hydrogen-bond donors (Lipinski definition) is 1. The molecule has 3 aromatic rings. The Morgan fingerprint density at radius 2 is 1.61 bits per heavy atom. The van der Waals surface area contributed by atoms with Gasteiger partial charge in [0, 0.05) is 29.9 Å². The summed E-state index contributed by atoms with van der Waals surface area (Å²) in [7, 11) is 0. The van der Waals surface area contributed by atoms with Gasteiger partial charge in [0.2, 0.25) is 11.8 Å². The first-order chi connectivity index (χ1) is 17.5. The van der Waals surface area contributed by atoms with Gasteiger partial charge in [0.1, 0.15) is 11.8 Å². The van der Waals surface area contributed by atoms with E-state index in [0.29, 0.717) is 32.4 Å². The molecule has 5 nitrogen and oxygen atoms in total. The first-order valence-corrected chi connectivity index (χ1v) is 13.3. The molecule has 0 spiro atoms.